The molecule has 2 aromatic rings. The molecule has 0 fully saturated rings. The highest BCUT2D eigenvalue weighted by Crippen LogP contribution is 2.11. The molecule has 0 aromatic carbocycles. The fourth-order valence-electron chi connectivity index (χ4n) is 1.71. The van der Waals surface area contributed by atoms with Crippen molar-refractivity contribution in [1.29, 1.82) is 0 Å². The fourth-order valence-corrected chi connectivity index (χ4v) is 2.43. The third-order valence-electron chi connectivity index (χ3n) is 3.25. The Labute approximate surface area is 124 Å². The standard InChI is InChI=1S/C14H23N5S/c1-5-15-13(17-11(4)10(2)3)16-8-12-9-19-6-7-20-14(19)18-12/h6-7,9-11H,5,8H2,1-4H3,(H2,15,16,17). The Balaban J connectivity index is 2.02. The zero-order valence-corrected chi connectivity index (χ0v) is 13.4. The van der Waals surface area contributed by atoms with E-state index in [1.807, 2.05) is 22.2 Å². The molecular weight excluding hydrogens is 270 g/mol. The third-order valence-corrected chi connectivity index (χ3v) is 4.02. The minimum atomic E-state index is 0.387. The molecule has 0 saturated carbocycles. The second-order valence-corrected chi connectivity index (χ2v) is 6.07. The minimum absolute atomic E-state index is 0.387. The van der Waals surface area contributed by atoms with Gasteiger partial charge >= 0.3 is 0 Å². The van der Waals surface area contributed by atoms with Crippen molar-refractivity contribution in [1.82, 2.24) is 20.0 Å². The van der Waals surface area contributed by atoms with Crippen LogP contribution in [0.5, 0.6) is 0 Å². The van der Waals surface area contributed by atoms with Crippen molar-refractivity contribution in [3.8, 4) is 0 Å². The monoisotopic (exact) mass is 293 g/mol. The molecule has 0 bridgehead atoms. The van der Waals surface area contributed by atoms with E-state index in [9.17, 15) is 0 Å². The van der Waals surface area contributed by atoms with Gasteiger partial charge in [0, 0.05) is 30.4 Å². The fraction of sp³-hybridized carbons (Fsp3) is 0.571. The van der Waals surface area contributed by atoms with Gasteiger partial charge in [0.1, 0.15) is 0 Å². The van der Waals surface area contributed by atoms with Crippen LogP contribution in [-0.4, -0.2) is 27.9 Å². The zero-order chi connectivity index (χ0) is 14.5. The number of hydrogen-bond acceptors (Lipinski definition) is 3. The highest BCUT2D eigenvalue weighted by atomic mass is 32.1. The molecule has 1 atom stereocenters. The van der Waals surface area contributed by atoms with Crippen LogP contribution in [0.25, 0.3) is 4.96 Å². The van der Waals surface area contributed by atoms with E-state index in [2.05, 4.69) is 48.3 Å². The number of aliphatic imine (C=N–C) groups is 1. The number of aromatic nitrogens is 2. The molecule has 2 heterocycles. The average molecular weight is 293 g/mol. The van der Waals surface area contributed by atoms with Crippen LogP contribution in [0.4, 0.5) is 0 Å². The summed E-state index contributed by atoms with van der Waals surface area (Å²) in [6, 6.07) is 0.387. The number of hydrogen-bond donors (Lipinski definition) is 2. The van der Waals surface area contributed by atoms with Crippen LogP contribution in [-0.2, 0) is 6.54 Å². The quantitative estimate of drug-likeness (QED) is 0.658. The van der Waals surface area contributed by atoms with Gasteiger partial charge in [0.25, 0.3) is 0 Å². The molecule has 6 heteroatoms. The van der Waals surface area contributed by atoms with Crippen molar-refractivity contribution < 1.29 is 0 Å². The first-order chi connectivity index (χ1) is 9.60. The molecule has 2 rings (SSSR count). The molecule has 0 saturated heterocycles. The lowest BCUT2D eigenvalue weighted by molar-refractivity contribution is 0.481. The molecule has 0 aliphatic heterocycles. The van der Waals surface area contributed by atoms with Crippen LogP contribution >= 0.6 is 11.3 Å². The van der Waals surface area contributed by atoms with Crippen LogP contribution in [0, 0.1) is 5.92 Å². The lowest BCUT2D eigenvalue weighted by atomic mass is 10.1. The smallest absolute Gasteiger partial charge is 0.193 e. The van der Waals surface area contributed by atoms with Crippen molar-refractivity contribution in [2.24, 2.45) is 10.9 Å². The van der Waals surface area contributed by atoms with Crippen molar-refractivity contribution >= 4 is 22.3 Å². The first-order valence-electron chi connectivity index (χ1n) is 7.06. The summed E-state index contributed by atoms with van der Waals surface area (Å²) in [7, 11) is 0. The van der Waals surface area contributed by atoms with Gasteiger partial charge in [-0.1, -0.05) is 13.8 Å². The predicted octanol–water partition coefficient (Wildman–Crippen LogP) is 2.50. The highest BCUT2D eigenvalue weighted by molar-refractivity contribution is 7.15. The SMILES string of the molecule is CCNC(=NCc1cn2ccsc2n1)NC(C)C(C)C. The lowest BCUT2D eigenvalue weighted by Crippen LogP contribution is -2.44. The molecule has 1 unspecified atom stereocenters. The number of nitrogens with one attached hydrogen (secondary N) is 2. The van der Waals surface area contributed by atoms with Crippen molar-refractivity contribution in [2.45, 2.75) is 40.3 Å². The Bertz CT molecular complexity index is 540. The van der Waals surface area contributed by atoms with E-state index in [0.29, 0.717) is 18.5 Å². The van der Waals surface area contributed by atoms with E-state index < -0.39 is 0 Å². The largest absolute Gasteiger partial charge is 0.357 e. The minimum Gasteiger partial charge on any atom is -0.357 e. The number of guanidine groups is 1. The lowest BCUT2D eigenvalue weighted by Gasteiger charge is -2.20. The third kappa shape index (κ3) is 3.72. The molecule has 20 heavy (non-hydrogen) atoms. The molecule has 0 radical (unpaired) electrons. The van der Waals surface area contributed by atoms with E-state index >= 15 is 0 Å². The normalized spacial score (nSPS) is 13.9. The summed E-state index contributed by atoms with van der Waals surface area (Å²) in [5.41, 5.74) is 0.992. The molecule has 0 amide bonds. The first kappa shape index (κ1) is 14.8. The highest BCUT2D eigenvalue weighted by Gasteiger charge is 2.09. The molecule has 5 nitrogen and oxygen atoms in total. The average Bonchev–Trinajstić information content (AvgIpc) is 2.96. The molecule has 2 aromatic heterocycles. The van der Waals surface area contributed by atoms with Crippen molar-refractivity contribution in [2.75, 3.05) is 6.54 Å². The number of thiazole rings is 1. The Hall–Kier alpha value is -1.56. The second kappa shape index (κ2) is 6.74. The summed E-state index contributed by atoms with van der Waals surface area (Å²) in [5, 5.41) is 8.73. The summed E-state index contributed by atoms with van der Waals surface area (Å²) < 4.78 is 2.03. The van der Waals surface area contributed by atoms with Gasteiger partial charge in [0.15, 0.2) is 10.9 Å². The number of nitrogens with zero attached hydrogens (tertiary/aromatic N) is 3. The van der Waals surface area contributed by atoms with E-state index in [1.54, 1.807) is 11.3 Å². The van der Waals surface area contributed by atoms with Crippen molar-refractivity contribution in [3.05, 3.63) is 23.5 Å². The van der Waals surface area contributed by atoms with Crippen LogP contribution in [0.3, 0.4) is 0 Å². The Morgan fingerprint density at radius 3 is 2.90 bits per heavy atom. The van der Waals surface area contributed by atoms with Gasteiger partial charge < -0.3 is 10.6 Å². The molecule has 110 valence electrons. The van der Waals surface area contributed by atoms with Gasteiger partial charge in [-0.3, -0.25) is 4.40 Å². The van der Waals surface area contributed by atoms with E-state index in [-0.39, 0.29) is 0 Å². The first-order valence-corrected chi connectivity index (χ1v) is 7.94. The van der Waals surface area contributed by atoms with Crippen LogP contribution in [0.1, 0.15) is 33.4 Å². The number of imidazole rings is 1. The Morgan fingerprint density at radius 1 is 1.45 bits per heavy atom. The number of fused-ring (bicyclic) bond motifs is 1. The van der Waals surface area contributed by atoms with Gasteiger partial charge in [-0.05, 0) is 19.8 Å². The summed E-state index contributed by atoms with van der Waals surface area (Å²) in [6.45, 7) is 10.1. The van der Waals surface area contributed by atoms with Gasteiger partial charge in [0.2, 0.25) is 0 Å². The predicted molar refractivity (Wildman–Crippen MR) is 85.3 cm³/mol. The van der Waals surface area contributed by atoms with Crippen LogP contribution in [0.2, 0.25) is 0 Å². The van der Waals surface area contributed by atoms with Crippen LogP contribution in [0.15, 0.2) is 22.8 Å². The maximum Gasteiger partial charge on any atom is 0.193 e. The molecule has 2 N–H and O–H groups in total. The summed E-state index contributed by atoms with van der Waals surface area (Å²) in [6.07, 6.45) is 4.05. The maximum absolute atomic E-state index is 4.60. The van der Waals surface area contributed by atoms with E-state index in [0.717, 1.165) is 23.2 Å². The second-order valence-electron chi connectivity index (χ2n) is 5.20. The van der Waals surface area contributed by atoms with E-state index in [4.69, 9.17) is 0 Å². The van der Waals surface area contributed by atoms with Gasteiger partial charge in [-0.15, -0.1) is 11.3 Å². The van der Waals surface area contributed by atoms with Crippen LogP contribution < -0.4 is 10.6 Å². The Morgan fingerprint density at radius 2 is 2.25 bits per heavy atom. The topological polar surface area (TPSA) is 53.7 Å². The molecular formula is C14H23N5S. The van der Waals surface area contributed by atoms with Gasteiger partial charge in [-0.2, -0.15) is 0 Å². The van der Waals surface area contributed by atoms with Gasteiger partial charge in [-0.25, -0.2) is 9.98 Å². The summed E-state index contributed by atoms with van der Waals surface area (Å²) >= 11 is 1.64. The van der Waals surface area contributed by atoms with Crippen molar-refractivity contribution in [3.63, 3.8) is 0 Å². The number of rotatable bonds is 5. The van der Waals surface area contributed by atoms with Gasteiger partial charge in [0.05, 0.1) is 12.2 Å². The Kier molecular flexibility index (Phi) is 5.00. The molecule has 0 aliphatic rings. The summed E-state index contributed by atoms with van der Waals surface area (Å²) in [5.74, 6) is 1.42. The molecule has 0 aliphatic carbocycles. The molecule has 0 spiro atoms. The van der Waals surface area contributed by atoms with E-state index in [1.165, 1.54) is 0 Å². The maximum atomic E-state index is 4.60. The summed E-state index contributed by atoms with van der Waals surface area (Å²) in [4.78, 5) is 10.2. The zero-order valence-electron chi connectivity index (χ0n) is 12.6.